The molecular formula is C16H22N6O2. The molecule has 0 saturated heterocycles. The maximum absolute atomic E-state index is 12.1. The van der Waals surface area contributed by atoms with Gasteiger partial charge < -0.3 is 20.3 Å². The van der Waals surface area contributed by atoms with Gasteiger partial charge in [-0.05, 0) is 19.1 Å². The second-order valence-corrected chi connectivity index (χ2v) is 5.30. The van der Waals surface area contributed by atoms with Crippen molar-refractivity contribution in [3.63, 3.8) is 0 Å². The number of nitrogens with zero attached hydrogens (tertiary/aromatic N) is 4. The topological polar surface area (TPSA) is 92.3 Å². The number of amides is 1. The molecule has 0 aliphatic rings. The van der Waals surface area contributed by atoms with Crippen LogP contribution in [0, 0.1) is 6.92 Å². The van der Waals surface area contributed by atoms with Crippen molar-refractivity contribution >= 4 is 17.5 Å². The van der Waals surface area contributed by atoms with Crippen LogP contribution in [0.15, 0.2) is 24.4 Å². The predicted octanol–water partition coefficient (Wildman–Crippen LogP) is 1.10. The number of anilines is 2. The summed E-state index contributed by atoms with van der Waals surface area (Å²) >= 11 is 0. The van der Waals surface area contributed by atoms with Crippen LogP contribution in [0.3, 0.4) is 0 Å². The van der Waals surface area contributed by atoms with Gasteiger partial charge in [-0.15, -0.1) is 0 Å². The number of rotatable bonds is 7. The summed E-state index contributed by atoms with van der Waals surface area (Å²) < 4.78 is 5.08. The molecule has 0 aliphatic heterocycles. The molecule has 0 spiro atoms. The molecule has 8 nitrogen and oxygen atoms in total. The van der Waals surface area contributed by atoms with E-state index in [1.54, 1.807) is 18.3 Å². The van der Waals surface area contributed by atoms with Crippen LogP contribution < -0.4 is 20.3 Å². The molecule has 2 rings (SSSR count). The molecular weight excluding hydrogens is 308 g/mol. The molecule has 0 aromatic carbocycles. The van der Waals surface area contributed by atoms with Gasteiger partial charge in [-0.2, -0.15) is 0 Å². The third-order valence-corrected chi connectivity index (χ3v) is 3.21. The van der Waals surface area contributed by atoms with E-state index in [4.69, 9.17) is 4.74 Å². The van der Waals surface area contributed by atoms with Gasteiger partial charge in [-0.1, -0.05) is 0 Å². The lowest BCUT2D eigenvalue weighted by Crippen LogP contribution is -2.29. The lowest BCUT2D eigenvalue weighted by atomic mass is 10.2. The van der Waals surface area contributed by atoms with Crippen molar-refractivity contribution in [3.05, 3.63) is 35.8 Å². The smallest absolute Gasteiger partial charge is 0.256 e. The van der Waals surface area contributed by atoms with Crippen LogP contribution in [-0.4, -0.2) is 55.2 Å². The van der Waals surface area contributed by atoms with Crippen molar-refractivity contribution in [1.82, 2.24) is 20.3 Å². The average Bonchev–Trinajstić information content (AvgIpc) is 2.58. The van der Waals surface area contributed by atoms with Crippen molar-refractivity contribution in [1.29, 1.82) is 0 Å². The highest BCUT2D eigenvalue weighted by molar-refractivity contribution is 5.96. The van der Waals surface area contributed by atoms with E-state index in [9.17, 15) is 4.79 Å². The Kier molecular flexibility index (Phi) is 5.89. The summed E-state index contributed by atoms with van der Waals surface area (Å²) in [6.07, 6.45) is 1.58. The molecule has 0 atom stereocenters. The molecule has 8 heteroatoms. The second kappa shape index (κ2) is 8.09. The number of hydrogen-bond acceptors (Lipinski definition) is 7. The van der Waals surface area contributed by atoms with Crippen molar-refractivity contribution in [2.24, 2.45) is 0 Å². The van der Waals surface area contributed by atoms with Crippen molar-refractivity contribution in [2.45, 2.75) is 6.92 Å². The third-order valence-electron chi connectivity index (χ3n) is 3.21. The highest BCUT2D eigenvalue weighted by atomic mass is 16.5. The number of carbonyl (C=O) groups excluding carboxylic acids is 1. The second-order valence-electron chi connectivity index (χ2n) is 5.30. The first-order chi connectivity index (χ1) is 11.5. The van der Waals surface area contributed by atoms with Gasteiger partial charge in [0.05, 0.1) is 7.11 Å². The molecule has 2 aromatic rings. The summed E-state index contributed by atoms with van der Waals surface area (Å²) in [4.78, 5) is 26.7. The van der Waals surface area contributed by atoms with E-state index in [2.05, 4.69) is 25.6 Å². The van der Waals surface area contributed by atoms with Crippen LogP contribution in [0.1, 0.15) is 16.2 Å². The predicted molar refractivity (Wildman–Crippen MR) is 92.7 cm³/mol. The molecule has 0 unspecified atom stereocenters. The first-order valence-corrected chi connectivity index (χ1v) is 7.55. The van der Waals surface area contributed by atoms with Crippen LogP contribution in [0.25, 0.3) is 0 Å². The third kappa shape index (κ3) is 4.55. The monoisotopic (exact) mass is 330 g/mol. The van der Waals surface area contributed by atoms with E-state index in [1.165, 1.54) is 7.11 Å². The molecule has 0 radical (unpaired) electrons. The Morgan fingerprint density at radius 1 is 1.29 bits per heavy atom. The highest BCUT2D eigenvalue weighted by Crippen LogP contribution is 2.14. The Hall–Kier alpha value is -2.90. The molecule has 1 amide bonds. The number of aryl methyl sites for hydroxylation is 1. The molecule has 0 fully saturated rings. The number of nitrogens with one attached hydrogen (secondary N) is 2. The Morgan fingerprint density at radius 2 is 2.08 bits per heavy atom. The number of ether oxygens (including phenoxy) is 1. The van der Waals surface area contributed by atoms with E-state index < -0.39 is 0 Å². The van der Waals surface area contributed by atoms with Crippen molar-refractivity contribution < 1.29 is 9.53 Å². The van der Waals surface area contributed by atoms with Gasteiger partial charge >= 0.3 is 0 Å². The number of aromatic nitrogens is 3. The Bertz CT molecular complexity index is 705. The van der Waals surface area contributed by atoms with E-state index in [0.717, 1.165) is 11.6 Å². The maximum Gasteiger partial charge on any atom is 0.256 e. The summed E-state index contributed by atoms with van der Waals surface area (Å²) in [6.45, 7) is 2.82. The zero-order valence-electron chi connectivity index (χ0n) is 14.3. The minimum absolute atomic E-state index is 0.227. The van der Waals surface area contributed by atoms with E-state index in [1.807, 2.05) is 32.0 Å². The van der Waals surface area contributed by atoms with Gasteiger partial charge in [0.1, 0.15) is 23.0 Å². The van der Waals surface area contributed by atoms with E-state index in [-0.39, 0.29) is 5.91 Å². The van der Waals surface area contributed by atoms with Gasteiger partial charge in [0, 0.05) is 39.4 Å². The van der Waals surface area contributed by atoms with Gasteiger partial charge in [0.15, 0.2) is 0 Å². The molecule has 24 heavy (non-hydrogen) atoms. The molecule has 0 saturated carbocycles. The Balaban J connectivity index is 1.88. The van der Waals surface area contributed by atoms with Crippen LogP contribution in [0.4, 0.5) is 11.6 Å². The first kappa shape index (κ1) is 17.5. The number of carbonyl (C=O) groups is 1. The number of pyridine rings is 1. The average molecular weight is 330 g/mol. The van der Waals surface area contributed by atoms with Crippen molar-refractivity contribution in [3.8, 4) is 5.88 Å². The lowest BCUT2D eigenvalue weighted by Gasteiger charge is -2.14. The fourth-order valence-corrected chi connectivity index (χ4v) is 2.06. The molecule has 128 valence electrons. The highest BCUT2D eigenvalue weighted by Gasteiger charge is 2.11. The van der Waals surface area contributed by atoms with Gasteiger partial charge in [0.25, 0.3) is 5.91 Å². The SMILES string of the molecule is COc1ncccc1C(=O)NCCNc1cc(N(C)C)nc(C)n1. The quantitative estimate of drug-likeness (QED) is 0.734. The zero-order chi connectivity index (χ0) is 17.5. The van der Waals surface area contributed by atoms with E-state index in [0.29, 0.717) is 30.4 Å². The first-order valence-electron chi connectivity index (χ1n) is 7.55. The van der Waals surface area contributed by atoms with E-state index >= 15 is 0 Å². The van der Waals surface area contributed by atoms with Gasteiger partial charge in [0.2, 0.25) is 5.88 Å². The zero-order valence-corrected chi connectivity index (χ0v) is 14.3. The normalized spacial score (nSPS) is 10.2. The number of methoxy groups -OCH3 is 1. The largest absolute Gasteiger partial charge is 0.480 e. The molecule has 0 aliphatic carbocycles. The van der Waals surface area contributed by atoms with Crippen LogP contribution in [-0.2, 0) is 0 Å². The van der Waals surface area contributed by atoms with Crippen LogP contribution in [0.5, 0.6) is 5.88 Å². The Morgan fingerprint density at radius 3 is 2.79 bits per heavy atom. The summed E-state index contributed by atoms with van der Waals surface area (Å²) in [5, 5.41) is 6.00. The fourth-order valence-electron chi connectivity index (χ4n) is 2.06. The number of hydrogen-bond donors (Lipinski definition) is 2. The lowest BCUT2D eigenvalue weighted by molar-refractivity contribution is 0.0951. The summed E-state index contributed by atoms with van der Waals surface area (Å²) in [5.74, 6) is 2.32. The molecule has 2 N–H and O–H groups in total. The summed E-state index contributed by atoms with van der Waals surface area (Å²) in [6, 6.07) is 5.23. The fraction of sp³-hybridized carbons (Fsp3) is 0.375. The van der Waals surface area contributed by atoms with Crippen LogP contribution in [0.2, 0.25) is 0 Å². The molecule has 2 heterocycles. The Labute approximate surface area is 141 Å². The standard InChI is InChI=1S/C16H22N6O2/c1-11-20-13(10-14(21-11)22(2)3)17-8-9-18-15(23)12-6-5-7-19-16(12)24-4/h5-7,10H,8-9H2,1-4H3,(H,18,23)(H,17,20,21). The minimum Gasteiger partial charge on any atom is -0.480 e. The molecule has 2 aromatic heterocycles. The van der Waals surface area contributed by atoms with Crippen molar-refractivity contribution in [2.75, 3.05) is 44.5 Å². The summed E-state index contributed by atoms with van der Waals surface area (Å²) in [7, 11) is 5.33. The summed E-state index contributed by atoms with van der Waals surface area (Å²) in [5.41, 5.74) is 0.410. The minimum atomic E-state index is -0.227. The molecule has 0 bridgehead atoms. The van der Waals surface area contributed by atoms with Crippen LogP contribution >= 0.6 is 0 Å². The maximum atomic E-state index is 12.1. The van der Waals surface area contributed by atoms with Gasteiger partial charge in [-0.3, -0.25) is 4.79 Å². The van der Waals surface area contributed by atoms with Gasteiger partial charge in [-0.25, -0.2) is 15.0 Å².